The van der Waals surface area contributed by atoms with Gasteiger partial charge < -0.3 is 10.6 Å². The molecular formula is C16H23Cl2N3O. The summed E-state index contributed by atoms with van der Waals surface area (Å²) in [7, 11) is 1.68. The summed E-state index contributed by atoms with van der Waals surface area (Å²) in [6.45, 7) is 4.49. The Hall–Kier alpha value is -0.810. The van der Waals surface area contributed by atoms with Crippen molar-refractivity contribution in [1.29, 1.82) is 0 Å². The third-order valence-corrected chi connectivity index (χ3v) is 4.54. The molecule has 1 aromatic carbocycles. The highest BCUT2D eigenvalue weighted by Crippen LogP contribution is 2.24. The summed E-state index contributed by atoms with van der Waals surface area (Å²) in [6, 6.07) is 6.30. The second-order valence-corrected chi connectivity index (χ2v) is 6.69. The topological polar surface area (TPSA) is 44.4 Å². The Morgan fingerprint density at radius 3 is 2.41 bits per heavy atom. The molecule has 1 saturated heterocycles. The molecule has 122 valence electrons. The third kappa shape index (κ3) is 5.13. The van der Waals surface area contributed by atoms with E-state index < -0.39 is 0 Å². The minimum absolute atomic E-state index is 0.0772. The van der Waals surface area contributed by atoms with Crippen molar-refractivity contribution in [2.45, 2.75) is 31.8 Å². The molecule has 0 radical (unpaired) electrons. The molecule has 0 aromatic heterocycles. The van der Waals surface area contributed by atoms with Crippen LogP contribution in [0.1, 0.15) is 31.4 Å². The lowest BCUT2D eigenvalue weighted by molar-refractivity contribution is -0.122. The average molecular weight is 344 g/mol. The molecule has 1 fully saturated rings. The number of likely N-dealkylation sites (N-methyl/N-ethyl adjacent to an activating group) is 1. The lowest BCUT2D eigenvalue weighted by Gasteiger charge is -2.33. The Balaban J connectivity index is 1.83. The van der Waals surface area contributed by atoms with Crippen LogP contribution in [0.15, 0.2) is 18.2 Å². The average Bonchev–Trinajstić information content (AvgIpc) is 2.48. The fourth-order valence-electron chi connectivity index (χ4n) is 2.81. The molecule has 1 aromatic rings. The maximum Gasteiger partial charge on any atom is 0.233 e. The largest absolute Gasteiger partial charge is 0.358 e. The molecule has 2 rings (SSSR count). The highest BCUT2D eigenvalue weighted by Gasteiger charge is 2.22. The molecular weight excluding hydrogens is 321 g/mol. The Morgan fingerprint density at radius 2 is 1.86 bits per heavy atom. The Bertz CT molecular complexity index is 496. The van der Waals surface area contributed by atoms with E-state index in [9.17, 15) is 4.79 Å². The summed E-state index contributed by atoms with van der Waals surface area (Å²) in [5.74, 6) is 0.0772. The zero-order chi connectivity index (χ0) is 16.1. The maximum absolute atomic E-state index is 11.4. The van der Waals surface area contributed by atoms with E-state index in [0.29, 0.717) is 22.6 Å². The Morgan fingerprint density at radius 1 is 1.27 bits per heavy atom. The van der Waals surface area contributed by atoms with Crippen LogP contribution in [0, 0.1) is 0 Å². The molecule has 1 heterocycles. The van der Waals surface area contributed by atoms with Gasteiger partial charge in [0.05, 0.1) is 6.54 Å². The van der Waals surface area contributed by atoms with Crippen LogP contribution in [-0.4, -0.2) is 43.5 Å². The molecule has 22 heavy (non-hydrogen) atoms. The fourth-order valence-corrected chi connectivity index (χ4v) is 3.36. The first kappa shape index (κ1) is 17.5. The number of hydrogen-bond donors (Lipinski definition) is 2. The van der Waals surface area contributed by atoms with Gasteiger partial charge in [-0.25, -0.2) is 0 Å². The molecule has 2 N–H and O–H groups in total. The van der Waals surface area contributed by atoms with Crippen molar-refractivity contribution in [2.75, 3.05) is 26.7 Å². The highest BCUT2D eigenvalue weighted by molar-refractivity contribution is 6.34. The lowest BCUT2D eigenvalue weighted by Crippen LogP contribution is -2.46. The third-order valence-electron chi connectivity index (χ3n) is 4.10. The van der Waals surface area contributed by atoms with Gasteiger partial charge in [0.2, 0.25) is 5.91 Å². The number of nitrogens with one attached hydrogen (secondary N) is 2. The first-order valence-corrected chi connectivity index (χ1v) is 8.38. The predicted octanol–water partition coefficient (Wildman–Crippen LogP) is 2.85. The van der Waals surface area contributed by atoms with Gasteiger partial charge in [-0.3, -0.25) is 9.69 Å². The smallest absolute Gasteiger partial charge is 0.233 e. The van der Waals surface area contributed by atoms with Crippen molar-refractivity contribution < 1.29 is 4.79 Å². The highest BCUT2D eigenvalue weighted by atomic mass is 35.5. The standard InChI is InChI=1S/C16H23Cl2N3O/c1-11(12-7-13(17)9-14(18)8-12)20-15-3-5-21(6-4-15)10-16(22)19-2/h7-9,11,15,20H,3-6,10H2,1-2H3,(H,19,22). The van der Waals surface area contributed by atoms with Crippen molar-refractivity contribution in [3.8, 4) is 0 Å². The van der Waals surface area contributed by atoms with Gasteiger partial charge in [0.25, 0.3) is 0 Å². The van der Waals surface area contributed by atoms with Crippen molar-refractivity contribution in [1.82, 2.24) is 15.5 Å². The molecule has 0 saturated carbocycles. The summed E-state index contributed by atoms with van der Waals surface area (Å²) in [6.07, 6.45) is 2.07. The van der Waals surface area contributed by atoms with Gasteiger partial charge in [-0.05, 0) is 43.5 Å². The number of benzene rings is 1. The van der Waals surface area contributed by atoms with E-state index in [2.05, 4.69) is 22.5 Å². The molecule has 0 aliphatic carbocycles. The van der Waals surface area contributed by atoms with E-state index in [4.69, 9.17) is 23.2 Å². The fraction of sp³-hybridized carbons (Fsp3) is 0.562. The molecule has 6 heteroatoms. The molecule has 0 bridgehead atoms. The number of halogens is 2. The van der Waals surface area contributed by atoms with Gasteiger partial charge in [0.15, 0.2) is 0 Å². The number of rotatable bonds is 5. The van der Waals surface area contributed by atoms with Crippen molar-refractivity contribution in [2.24, 2.45) is 0 Å². The van der Waals surface area contributed by atoms with E-state index in [1.165, 1.54) is 0 Å². The predicted molar refractivity (Wildman–Crippen MR) is 91.5 cm³/mol. The molecule has 1 atom stereocenters. The van der Waals surface area contributed by atoms with E-state index >= 15 is 0 Å². The van der Waals surface area contributed by atoms with Crippen molar-refractivity contribution >= 4 is 29.1 Å². The molecule has 1 aliphatic heterocycles. The van der Waals surface area contributed by atoms with E-state index in [-0.39, 0.29) is 11.9 Å². The SMILES string of the molecule is CNC(=O)CN1CCC(NC(C)c2cc(Cl)cc(Cl)c2)CC1. The van der Waals surface area contributed by atoms with Crippen LogP contribution in [0.3, 0.4) is 0 Å². The van der Waals surface area contributed by atoms with E-state index in [1.54, 1.807) is 13.1 Å². The molecule has 1 amide bonds. The number of piperidine rings is 1. The summed E-state index contributed by atoms with van der Waals surface area (Å²) in [4.78, 5) is 13.6. The second-order valence-electron chi connectivity index (χ2n) is 5.81. The number of amides is 1. The van der Waals surface area contributed by atoms with Crippen LogP contribution in [0.2, 0.25) is 10.0 Å². The van der Waals surface area contributed by atoms with Gasteiger partial charge in [-0.15, -0.1) is 0 Å². The number of likely N-dealkylation sites (tertiary alicyclic amines) is 1. The Labute approximate surface area is 142 Å². The second kappa shape index (κ2) is 8.16. The van der Waals surface area contributed by atoms with Crippen LogP contribution in [0.25, 0.3) is 0 Å². The van der Waals surface area contributed by atoms with Crippen LogP contribution >= 0.6 is 23.2 Å². The number of carbonyl (C=O) groups excluding carboxylic acids is 1. The summed E-state index contributed by atoms with van der Waals surface area (Å²) < 4.78 is 0. The summed E-state index contributed by atoms with van der Waals surface area (Å²) >= 11 is 12.1. The molecule has 1 aliphatic rings. The quantitative estimate of drug-likeness (QED) is 0.863. The lowest BCUT2D eigenvalue weighted by atomic mass is 10.0. The van der Waals surface area contributed by atoms with Gasteiger partial charge in [0, 0.05) is 42.3 Å². The molecule has 0 spiro atoms. The van der Waals surface area contributed by atoms with Crippen LogP contribution in [-0.2, 0) is 4.79 Å². The zero-order valence-corrected chi connectivity index (χ0v) is 14.5. The zero-order valence-electron chi connectivity index (χ0n) is 13.0. The summed E-state index contributed by atoms with van der Waals surface area (Å²) in [5, 5.41) is 7.63. The first-order chi connectivity index (χ1) is 10.5. The van der Waals surface area contributed by atoms with Gasteiger partial charge in [0.1, 0.15) is 0 Å². The number of carbonyl (C=O) groups is 1. The van der Waals surface area contributed by atoms with Gasteiger partial charge in [-0.1, -0.05) is 23.2 Å². The minimum atomic E-state index is 0.0772. The molecule has 4 nitrogen and oxygen atoms in total. The van der Waals surface area contributed by atoms with Gasteiger partial charge >= 0.3 is 0 Å². The van der Waals surface area contributed by atoms with Gasteiger partial charge in [-0.2, -0.15) is 0 Å². The summed E-state index contributed by atoms with van der Waals surface area (Å²) in [5.41, 5.74) is 1.10. The van der Waals surface area contributed by atoms with Crippen molar-refractivity contribution in [3.05, 3.63) is 33.8 Å². The van der Waals surface area contributed by atoms with E-state index in [1.807, 2.05) is 12.1 Å². The Kier molecular flexibility index (Phi) is 6.50. The molecule has 1 unspecified atom stereocenters. The number of nitrogens with zero attached hydrogens (tertiary/aromatic N) is 1. The van der Waals surface area contributed by atoms with E-state index in [0.717, 1.165) is 31.5 Å². The monoisotopic (exact) mass is 343 g/mol. The normalized spacial score (nSPS) is 18.2. The number of hydrogen-bond acceptors (Lipinski definition) is 3. The minimum Gasteiger partial charge on any atom is -0.358 e. The van der Waals surface area contributed by atoms with Crippen LogP contribution < -0.4 is 10.6 Å². The maximum atomic E-state index is 11.4. The first-order valence-electron chi connectivity index (χ1n) is 7.63. The van der Waals surface area contributed by atoms with Crippen LogP contribution in [0.5, 0.6) is 0 Å². The van der Waals surface area contributed by atoms with Crippen LogP contribution in [0.4, 0.5) is 0 Å². The van der Waals surface area contributed by atoms with Crippen molar-refractivity contribution in [3.63, 3.8) is 0 Å².